The predicted molar refractivity (Wildman–Crippen MR) is 109 cm³/mol. The fourth-order valence-electron chi connectivity index (χ4n) is 3.70. The third kappa shape index (κ3) is 3.92. The molecule has 1 amide bonds. The first-order valence-corrected chi connectivity index (χ1v) is 11.1. The van der Waals surface area contributed by atoms with Gasteiger partial charge in [-0.05, 0) is 55.8 Å². The van der Waals surface area contributed by atoms with Crippen LogP contribution in [0.25, 0.3) is 0 Å². The van der Waals surface area contributed by atoms with E-state index in [1.807, 2.05) is 7.05 Å². The average molecular weight is 418 g/mol. The second-order valence-electron chi connectivity index (χ2n) is 7.78. The number of anilines is 1. The summed E-state index contributed by atoms with van der Waals surface area (Å²) in [6.07, 6.45) is 1.37. The van der Waals surface area contributed by atoms with Gasteiger partial charge in [-0.2, -0.15) is 4.31 Å². The van der Waals surface area contributed by atoms with Crippen molar-refractivity contribution in [1.29, 1.82) is 0 Å². The van der Waals surface area contributed by atoms with E-state index in [1.165, 1.54) is 22.5 Å². The molecule has 0 spiro atoms. The number of sulfonamides is 1. The minimum absolute atomic E-state index is 0.173. The Bertz CT molecular complexity index is 1010. The van der Waals surface area contributed by atoms with Crippen molar-refractivity contribution in [3.8, 4) is 0 Å². The first-order valence-electron chi connectivity index (χ1n) is 9.68. The molecule has 29 heavy (non-hydrogen) atoms. The van der Waals surface area contributed by atoms with E-state index in [4.69, 9.17) is 0 Å². The fourth-order valence-corrected chi connectivity index (χ4v) is 5.17. The Morgan fingerprint density at radius 1 is 1.03 bits per heavy atom. The number of piperazine rings is 1. The van der Waals surface area contributed by atoms with Crippen LogP contribution in [0.15, 0.2) is 53.4 Å². The summed E-state index contributed by atoms with van der Waals surface area (Å²) in [6, 6.07) is 12.4. The van der Waals surface area contributed by atoms with Gasteiger partial charge in [0.25, 0.3) is 0 Å². The molecule has 1 heterocycles. The van der Waals surface area contributed by atoms with Gasteiger partial charge in [0, 0.05) is 31.9 Å². The maximum atomic E-state index is 13.2. The van der Waals surface area contributed by atoms with E-state index in [0.29, 0.717) is 44.7 Å². The Labute approximate surface area is 170 Å². The van der Waals surface area contributed by atoms with Crippen LogP contribution in [-0.2, 0) is 20.2 Å². The molecule has 0 radical (unpaired) electrons. The van der Waals surface area contributed by atoms with Gasteiger partial charge < -0.3 is 10.2 Å². The zero-order valence-corrected chi connectivity index (χ0v) is 17.1. The third-order valence-corrected chi connectivity index (χ3v) is 7.67. The van der Waals surface area contributed by atoms with Gasteiger partial charge in [0.1, 0.15) is 5.82 Å². The highest BCUT2D eigenvalue weighted by Gasteiger charge is 2.51. The van der Waals surface area contributed by atoms with E-state index in [2.05, 4.69) is 10.2 Å². The van der Waals surface area contributed by atoms with Gasteiger partial charge >= 0.3 is 0 Å². The number of hydrogen-bond donors (Lipinski definition) is 1. The highest BCUT2D eigenvalue weighted by Crippen LogP contribution is 2.49. The molecule has 1 saturated carbocycles. The lowest BCUT2D eigenvalue weighted by atomic mass is 9.95. The first kappa shape index (κ1) is 20.0. The number of nitrogens with zero attached hydrogens (tertiary/aromatic N) is 2. The molecule has 1 N–H and O–H groups in total. The van der Waals surface area contributed by atoms with Crippen molar-refractivity contribution < 1.29 is 17.6 Å². The number of likely N-dealkylation sites (N-methyl/N-ethyl adjacent to an activating group) is 1. The molecule has 2 aliphatic rings. The highest BCUT2D eigenvalue weighted by molar-refractivity contribution is 7.89. The number of hydrogen-bond acceptors (Lipinski definition) is 4. The van der Waals surface area contributed by atoms with Crippen LogP contribution in [0.1, 0.15) is 18.4 Å². The summed E-state index contributed by atoms with van der Waals surface area (Å²) in [5, 5.41) is 2.86. The number of rotatable bonds is 5. The van der Waals surface area contributed by atoms with Gasteiger partial charge in [-0.15, -0.1) is 0 Å². The molecule has 2 fully saturated rings. The second kappa shape index (κ2) is 7.51. The van der Waals surface area contributed by atoms with E-state index in [9.17, 15) is 17.6 Å². The molecule has 0 bridgehead atoms. The van der Waals surface area contributed by atoms with E-state index >= 15 is 0 Å². The maximum Gasteiger partial charge on any atom is 0.243 e. The molecule has 6 nitrogen and oxygen atoms in total. The molecule has 1 aliphatic carbocycles. The maximum absolute atomic E-state index is 13.2. The lowest BCUT2D eigenvalue weighted by molar-refractivity contribution is -0.118. The summed E-state index contributed by atoms with van der Waals surface area (Å²) < 4.78 is 40.6. The number of halogens is 1. The van der Waals surface area contributed by atoms with Crippen molar-refractivity contribution in [2.75, 3.05) is 38.5 Å². The van der Waals surface area contributed by atoms with Gasteiger partial charge in [0.2, 0.25) is 15.9 Å². The topological polar surface area (TPSA) is 69.7 Å². The summed E-state index contributed by atoms with van der Waals surface area (Å²) in [6.45, 7) is 2.28. The Kier molecular flexibility index (Phi) is 5.18. The molecule has 0 aromatic heterocycles. The largest absolute Gasteiger partial charge is 0.325 e. The number of amides is 1. The summed E-state index contributed by atoms with van der Waals surface area (Å²) >= 11 is 0. The van der Waals surface area contributed by atoms with Crippen LogP contribution >= 0.6 is 0 Å². The molecule has 0 unspecified atom stereocenters. The highest BCUT2D eigenvalue weighted by atomic mass is 32.2. The smallest absolute Gasteiger partial charge is 0.243 e. The lowest BCUT2D eigenvalue weighted by Crippen LogP contribution is -2.47. The molecule has 1 aliphatic heterocycles. The molecular weight excluding hydrogens is 393 g/mol. The minimum atomic E-state index is -3.61. The third-order valence-electron chi connectivity index (χ3n) is 5.77. The van der Waals surface area contributed by atoms with Gasteiger partial charge in [0.05, 0.1) is 10.3 Å². The summed E-state index contributed by atoms with van der Waals surface area (Å²) in [4.78, 5) is 15.2. The number of benzene rings is 2. The van der Waals surface area contributed by atoms with Crippen molar-refractivity contribution in [3.05, 3.63) is 59.9 Å². The van der Waals surface area contributed by atoms with Gasteiger partial charge in [-0.1, -0.05) is 18.2 Å². The number of carbonyl (C=O) groups excluding carboxylic acids is 1. The average Bonchev–Trinajstić information content (AvgIpc) is 3.51. The zero-order valence-electron chi connectivity index (χ0n) is 16.3. The summed E-state index contributed by atoms with van der Waals surface area (Å²) in [7, 11) is -1.64. The molecule has 154 valence electrons. The van der Waals surface area contributed by atoms with Gasteiger partial charge in [-0.3, -0.25) is 4.79 Å². The van der Waals surface area contributed by atoms with Crippen LogP contribution in [0.2, 0.25) is 0 Å². The molecule has 8 heteroatoms. The monoisotopic (exact) mass is 417 g/mol. The number of carbonyl (C=O) groups is 1. The molecule has 2 aromatic rings. The van der Waals surface area contributed by atoms with E-state index in [0.717, 1.165) is 5.56 Å². The van der Waals surface area contributed by atoms with Crippen molar-refractivity contribution in [3.63, 3.8) is 0 Å². The van der Waals surface area contributed by atoms with E-state index < -0.39 is 15.4 Å². The van der Waals surface area contributed by atoms with Crippen LogP contribution in [0.3, 0.4) is 0 Å². The minimum Gasteiger partial charge on any atom is -0.325 e. The van der Waals surface area contributed by atoms with E-state index in [1.54, 1.807) is 30.3 Å². The second-order valence-corrected chi connectivity index (χ2v) is 9.72. The molecular formula is C21H24FN3O3S. The van der Waals surface area contributed by atoms with Crippen LogP contribution in [0.4, 0.5) is 10.1 Å². The molecule has 4 rings (SSSR count). The quantitative estimate of drug-likeness (QED) is 0.811. The number of nitrogens with one attached hydrogen (secondary N) is 1. The standard InChI is InChI=1S/C21H24FN3O3S/c1-24-11-13-25(14-12-24)29(27,28)19-4-2-3-18(15-19)23-20(26)21(9-10-21)16-5-7-17(22)8-6-16/h2-8,15H,9-14H2,1H3,(H,23,26). The Balaban J connectivity index is 1.52. The normalized spacial score (nSPS) is 19.7. The summed E-state index contributed by atoms with van der Waals surface area (Å²) in [5.41, 5.74) is 0.552. The van der Waals surface area contributed by atoms with Crippen LogP contribution in [0, 0.1) is 5.82 Å². The Morgan fingerprint density at radius 2 is 1.69 bits per heavy atom. The van der Waals surface area contributed by atoms with Crippen molar-refractivity contribution in [2.45, 2.75) is 23.2 Å². The Morgan fingerprint density at radius 3 is 2.31 bits per heavy atom. The Hall–Kier alpha value is -2.29. The molecule has 0 atom stereocenters. The van der Waals surface area contributed by atoms with Crippen molar-refractivity contribution in [2.24, 2.45) is 0 Å². The lowest BCUT2D eigenvalue weighted by Gasteiger charge is -2.31. The SMILES string of the molecule is CN1CCN(S(=O)(=O)c2cccc(NC(=O)C3(c4ccc(F)cc4)CC3)c2)CC1. The van der Waals surface area contributed by atoms with Crippen molar-refractivity contribution in [1.82, 2.24) is 9.21 Å². The zero-order chi connectivity index (χ0) is 20.6. The van der Waals surface area contributed by atoms with Gasteiger partial charge in [-0.25, -0.2) is 12.8 Å². The predicted octanol–water partition coefficient (Wildman–Crippen LogP) is 2.43. The van der Waals surface area contributed by atoms with E-state index in [-0.39, 0.29) is 16.6 Å². The van der Waals surface area contributed by atoms with Crippen LogP contribution < -0.4 is 5.32 Å². The molecule has 2 aromatic carbocycles. The fraction of sp³-hybridized carbons (Fsp3) is 0.381. The van der Waals surface area contributed by atoms with Crippen molar-refractivity contribution >= 4 is 21.6 Å². The van der Waals surface area contributed by atoms with Crippen LogP contribution in [0.5, 0.6) is 0 Å². The van der Waals surface area contributed by atoms with Crippen LogP contribution in [-0.4, -0.2) is 56.8 Å². The first-order chi connectivity index (χ1) is 13.8. The molecule has 1 saturated heterocycles. The summed E-state index contributed by atoms with van der Waals surface area (Å²) in [5.74, 6) is -0.537. The van der Waals surface area contributed by atoms with Gasteiger partial charge in [0.15, 0.2) is 0 Å².